The Kier molecular flexibility index (Phi) is 5.95. The van der Waals surface area contributed by atoms with Crippen molar-refractivity contribution in [3.05, 3.63) is 94.4 Å². The third-order valence-electron chi connectivity index (χ3n) is 5.54. The minimum Gasteiger partial charge on any atom is -0.507 e. The van der Waals surface area contributed by atoms with Gasteiger partial charge in [-0.1, -0.05) is 12.1 Å². The molecule has 0 bridgehead atoms. The van der Waals surface area contributed by atoms with Crippen LogP contribution in [0.3, 0.4) is 0 Å². The zero-order chi connectivity index (χ0) is 24.6. The Morgan fingerprint density at radius 3 is 2.38 bits per heavy atom. The van der Waals surface area contributed by atoms with Gasteiger partial charge in [0.1, 0.15) is 29.1 Å². The maximum absolute atomic E-state index is 13.2. The molecule has 4 rings (SSSR count). The van der Waals surface area contributed by atoms with E-state index in [-0.39, 0.29) is 29.0 Å². The number of carbonyl (C=O) groups excluding carboxylic acids is 2. The van der Waals surface area contributed by atoms with Crippen LogP contribution in [0.2, 0.25) is 0 Å². The molecule has 176 valence electrons. The maximum atomic E-state index is 13.2. The van der Waals surface area contributed by atoms with Gasteiger partial charge < -0.3 is 19.2 Å². The van der Waals surface area contributed by atoms with Crippen LogP contribution in [0, 0.1) is 6.92 Å². The number of hydrogen-bond acceptors (Lipinski definition) is 5. The molecule has 0 saturated carbocycles. The van der Waals surface area contributed by atoms with Crippen LogP contribution in [0.15, 0.2) is 70.7 Å². The molecule has 9 heteroatoms. The van der Waals surface area contributed by atoms with E-state index in [0.717, 1.165) is 17.0 Å². The van der Waals surface area contributed by atoms with Crippen LogP contribution in [-0.2, 0) is 22.3 Å². The molecular formula is C25H20F3NO5. The van der Waals surface area contributed by atoms with Crippen molar-refractivity contribution in [3.63, 3.8) is 0 Å². The predicted molar refractivity (Wildman–Crippen MR) is 116 cm³/mol. The molecule has 0 aliphatic carbocycles. The molecule has 1 saturated heterocycles. The van der Waals surface area contributed by atoms with Crippen LogP contribution in [0.5, 0.6) is 5.75 Å². The fourth-order valence-corrected chi connectivity index (χ4v) is 3.89. The van der Waals surface area contributed by atoms with Crippen LogP contribution in [0.4, 0.5) is 13.2 Å². The monoisotopic (exact) mass is 471 g/mol. The van der Waals surface area contributed by atoms with Crippen LogP contribution in [-0.4, -0.2) is 28.8 Å². The number of aliphatic hydroxyl groups is 1. The molecule has 1 amide bonds. The summed E-state index contributed by atoms with van der Waals surface area (Å²) in [7, 11) is 1.48. The highest BCUT2D eigenvalue weighted by Crippen LogP contribution is 2.41. The second-order valence-corrected chi connectivity index (χ2v) is 7.80. The molecule has 34 heavy (non-hydrogen) atoms. The number of alkyl halides is 3. The van der Waals surface area contributed by atoms with Crippen molar-refractivity contribution in [3.8, 4) is 5.75 Å². The van der Waals surface area contributed by atoms with E-state index >= 15 is 0 Å². The SMILES string of the molecule is COc1ccc(/C(O)=C2/C(=O)C(=O)N(Cc3cccc(C(F)(F)F)c3)C2c2ccc(C)o2)cc1. The summed E-state index contributed by atoms with van der Waals surface area (Å²) in [5, 5.41) is 11.0. The van der Waals surface area contributed by atoms with Crippen molar-refractivity contribution in [2.45, 2.75) is 25.7 Å². The molecule has 3 aromatic rings. The first kappa shape index (κ1) is 23.2. The zero-order valence-corrected chi connectivity index (χ0v) is 18.2. The molecule has 1 atom stereocenters. The molecule has 1 unspecified atom stereocenters. The molecule has 2 heterocycles. The number of carbonyl (C=O) groups is 2. The first-order valence-corrected chi connectivity index (χ1v) is 10.3. The molecule has 0 radical (unpaired) electrons. The highest BCUT2D eigenvalue weighted by Gasteiger charge is 2.47. The van der Waals surface area contributed by atoms with Gasteiger partial charge in [-0.2, -0.15) is 13.2 Å². The Morgan fingerprint density at radius 2 is 1.79 bits per heavy atom. The van der Waals surface area contributed by atoms with Crippen LogP contribution in [0.1, 0.15) is 34.3 Å². The number of ketones is 1. The average Bonchev–Trinajstić information content (AvgIpc) is 3.34. The summed E-state index contributed by atoms with van der Waals surface area (Å²) in [5.74, 6) is -1.10. The van der Waals surface area contributed by atoms with E-state index in [1.165, 1.54) is 31.4 Å². The summed E-state index contributed by atoms with van der Waals surface area (Å²) < 4.78 is 50.3. The van der Waals surface area contributed by atoms with Crippen molar-refractivity contribution in [2.24, 2.45) is 0 Å². The van der Waals surface area contributed by atoms with Gasteiger partial charge in [0.15, 0.2) is 0 Å². The second kappa shape index (κ2) is 8.74. The van der Waals surface area contributed by atoms with Crippen molar-refractivity contribution in [1.29, 1.82) is 0 Å². The predicted octanol–water partition coefficient (Wildman–Crippen LogP) is 5.24. The number of amides is 1. The van der Waals surface area contributed by atoms with Crippen molar-refractivity contribution >= 4 is 17.4 Å². The van der Waals surface area contributed by atoms with Crippen LogP contribution in [0.25, 0.3) is 5.76 Å². The van der Waals surface area contributed by atoms with E-state index in [0.29, 0.717) is 11.5 Å². The van der Waals surface area contributed by atoms with Gasteiger partial charge in [-0.25, -0.2) is 0 Å². The Balaban J connectivity index is 1.80. The zero-order valence-electron chi connectivity index (χ0n) is 18.2. The molecule has 2 aromatic carbocycles. The van der Waals surface area contributed by atoms with E-state index < -0.39 is 35.2 Å². The third kappa shape index (κ3) is 4.28. The van der Waals surface area contributed by atoms with Gasteiger partial charge in [0.2, 0.25) is 0 Å². The molecule has 1 N–H and O–H groups in total. The fraction of sp³-hybridized carbons (Fsp3) is 0.200. The summed E-state index contributed by atoms with van der Waals surface area (Å²) in [6.45, 7) is 1.38. The number of likely N-dealkylation sites (tertiary alicyclic amines) is 1. The number of benzene rings is 2. The van der Waals surface area contributed by atoms with Gasteiger partial charge in [-0.05, 0) is 61.0 Å². The van der Waals surface area contributed by atoms with Gasteiger partial charge in [0, 0.05) is 12.1 Å². The fourth-order valence-electron chi connectivity index (χ4n) is 3.89. The molecule has 1 aromatic heterocycles. The molecule has 6 nitrogen and oxygen atoms in total. The normalized spacial score (nSPS) is 17.9. The number of Topliss-reactive ketones (excluding diaryl/α,β-unsaturated/α-hetero) is 1. The minimum absolute atomic E-state index is 0.175. The lowest BCUT2D eigenvalue weighted by molar-refractivity contribution is -0.140. The molecule has 0 spiro atoms. The van der Waals surface area contributed by atoms with Gasteiger partial charge >= 0.3 is 6.18 Å². The number of furan rings is 1. The summed E-state index contributed by atoms with van der Waals surface area (Å²) in [5.41, 5.74) is -0.637. The van der Waals surface area contributed by atoms with Gasteiger partial charge in [-0.3, -0.25) is 9.59 Å². The molecule has 1 aliphatic rings. The molecule has 1 aliphatic heterocycles. The second-order valence-electron chi connectivity index (χ2n) is 7.80. The topological polar surface area (TPSA) is 80.0 Å². The average molecular weight is 471 g/mol. The first-order valence-electron chi connectivity index (χ1n) is 10.3. The Hall–Kier alpha value is -4.01. The maximum Gasteiger partial charge on any atom is 0.416 e. The van der Waals surface area contributed by atoms with E-state index in [1.807, 2.05) is 0 Å². The summed E-state index contributed by atoms with van der Waals surface area (Å²) in [6, 6.07) is 12.8. The lowest BCUT2D eigenvalue weighted by atomic mass is 9.99. The standard InChI is InChI=1S/C25H20F3NO5/c1-14-6-11-19(34-14)21-20(22(30)16-7-9-18(33-2)10-8-16)23(31)24(32)29(21)13-15-4-3-5-17(12-15)25(26,27)28/h3-12,21,30H,13H2,1-2H3/b22-20-. The smallest absolute Gasteiger partial charge is 0.416 e. The number of aryl methyl sites for hydroxylation is 1. The van der Waals surface area contributed by atoms with Gasteiger partial charge in [-0.15, -0.1) is 0 Å². The lowest BCUT2D eigenvalue weighted by Gasteiger charge is -2.24. The Labute approximate surface area is 192 Å². The van der Waals surface area contributed by atoms with E-state index in [4.69, 9.17) is 9.15 Å². The highest BCUT2D eigenvalue weighted by atomic mass is 19.4. The van der Waals surface area contributed by atoms with Crippen molar-refractivity contribution in [2.75, 3.05) is 7.11 Å². The van der Waals surface area contributed by atoms with Crippen LogP contribution < -0.4 is 4.74 Å². The van der Waals surface area contributed by atoms with E-state index in [9.17, 15) is 27.9 Å². The molecule has 1 fully saturated rings. The first-order chi connectivity index (χ1) is 16.1. The Morgan fingerprint density at radius 1 is 1.09 bits per heavy atom. The number of ether oxygens (including phenoxy) is 1. The largest absolute Gasteiger partial charge is 0.507 e. The summed E-state index contributed by atoms with van der Waals surface area (Å²) >= 11 is 0. The number of aliphatic hydroxyl groups excluding tert-OH is 1. The number of rotatable bonds is 5. The number of methoxy groups -OCH3 is 1. The quantitative estimate of drug-likeness (QED) is 0.313. The van der Waals surface area contributed by atoms with Crippen molar-refractivity contribution < 1.29 is 37.0 Å². The van der Waals surface area contributed by atoms with E-state index in [1.54, 1.807) is 31.2 Å². The highest BCUT2D eigenvalue weighted by molar-refractivity contribution is 6.46. The third-order valence-corrected chi connectivity index (χ3v) is 5.54. The lowest BCUT2D eigenvalue weighted by Crippen LogP contribution is -2.29. The van der Waals surface area contributed by atoms with Crippen molar-refractivity contribution in [1.82, 2.24) is 4.90 Å². The number of halogens is 3. The number of hydrogen-bond donors (Lipinski definition) is 1. The van der Waals surface area contributed by atoms with Gasteiger partial charge in [0.05, 0.1) is 18.2 Å². The molecular weight excluding hydrogens is 451 g/mol. The summed E-state index contributed by atoms with van der Waals surface area (Å²) in [4.78, 5) is 27.1. The summed E-state index contributed by atoms with van der Waals surface area (Å²) in [6.07, 6.45) is -4.56. The number of nitrogens with zero attached hydrogens (tertiary/aromatic N) is 1. The minimum atomic E-state index is -4.56. The Bertz CT molecular complexity index is 1270. The van der Waals surface area contributed by atoms with Gasteiger partial charge in [0.25, 0.3) is 11.7 Å². The van der Waals surface area contributed by atoms with Crippen LogP contribution >= 0.6 is 0 Å². The van der Waals surface area contributed by atoms with E-state index in [2.05, 4.69) is 0 Å².